The molecule has 0 radical (unpaired) electrons. The first-order valence-electron chi connectivity index (χ1n) is 7.44. The summed E-state index contributed by atoms with van der Waals surface area (Å²) >= 11 is 0. The van der Waals surface area contributed by atoms with Gasteiger partial charge in [-0.3, -0.25) is 0 Å². The number of piperidine rings is 1. The van der Waals surface area contributed by atoms with Crippen LogP contribution in [-0.2, 0) is 6.54 Å². The van der Waals surface area contributed by atoms with E-state index in [0.29, 0.717) is 18.2 Å². The van der Waals surface area contributed by atoms with Gasteiger partial charge in [-0.15, -0.1) is 0 Å². The molecular weight excluding hydrogens is 257 g/mol. The topological polar surface area (TPSA) is 37.4 Å². The summed E-state index contributed by atoms with van der Waals surface area (Å²) in [4.78, 5) is 6.32. The standard InChI is InChI=1S/C15H22FN3O/c1-19-8-5-13(6-9-19)20-15-14(16)11(4-7-17-15)10-18-12-2-3-12/h4,7,12-13,18H,2-3,5-6,8-10H2,1H3. The molecular formula is C15H22FN3O. The fourth-order valence-electron chi connectivity index (χ4n) is 2.48. The van der Waals surface area contributed by atoms with Crippen LogP contribution in [0.5, 0.6) is 5.88 Å². The zero-order chi connectivity index (χ0) is 13.9. The van der Waals surface area contributed by atoms with Crippen molar-refractivity contribution in [1.82, 2.24) is 15.2 Å². The second-order valence-corrected chi connectivity index (χ2v) is 5.86. The largest absolute Gasteiger partial charge is 0.472 e. The second kappa shape index (κ2) is 6.06. The molecule has 3 rings (SSSR count). The van der Waals surface area contributed by atoms with Gasteiger partial charge in [-0.1, -0.05) is 0 Å². The fourth-order valence-corrected chi connectivity index (χ4v) is 2.48. The number of ether oxygens (including phenoxy) is 1. The van der Waals surface area contributed by atoms with E-state index in [0.717, 1.165) is 25.9 Å². The van der Waals surface area contributed by atoms with Crippen LogP contribution in [0.4, 0.5) is 4.39 Å². The number of rotatable bonds is 5. The van der Waals surface area contributed by atoms with Crippen LogP contribution in [0.3, 0.4) is 0 Å². The predicted octanol–water partition coefficient (Wildman–Crippen LogP) is 1.95. The fraction of sp³-hybridized carbons (Fsp3) is 0.667. The molecule has 1 saturated carbocycles. The summed E-state index contributed by atoms with van der Waals surface area (Å²) in [5.41, 5.74) is 0.648. The molecule has 1 aromatic heterocycles. The van der Waals surface area contributed by atoms with Gasteiger partial charge in [-0.25, -0.2) is 9.37 Å². The summed E-state index contributed by atoms with van der Waals surface area (Å²) in [5, 5.41) is 3.32. The molecule has 4 nitrogen and oxygen atoms in total. The van der Waals surface area contributed by atoms with E-state index in [4.69, 9.17) is 4.74 Å². The van der Waals surface area contributed by atoms with Gasteiger partial charge in [-0.2, -0.15) is 0 Å². The highest BCUT2D eigenvalue weighted by Crippen LogP contribution is 2.23. The molecule has 2 fully saturated rings. The molecule has 0 aromatic carbocycles. The molecule has 0 amide bonds. The lowest BCUT2D eigenvalue weighted by molar-refractivity contribution is 0.105. The predicted molar refractivity (Wildman–Crippen MR) is 75.2 cm³/mol. The van der Waals surface area contributed by atoms with Crippen molar-refractivity contribution in [3.8, 4) is 5.88 Å². The zero-order valence-corrected chi connectivity index (χ0v) is 11.9. The van der Waals surface area contributed by atoms with Crippen LogP contribution in [0.2, 0.25) is 0 Å². The smallest absolute Gasteiger partial charge is 0.250 e. The summed E-state index contributed by atoms with van der Waals surface area (Å²) in [6.45, 7) is 2.55. The third-order valence-corrected chi connectivity index (χ3v) is 4.04. The lowest BCUT2D eigenvalue weighted by atomic mass is 10.1. The normalized spacial score (nSPS) is 21.1. The maximum absolute atomic E-state index is 14.3. The highest BCUT2D eigenvalue weighted by molar-refractivity contribution is 5.24. The first-order valence-corrected chi connectivity index (χ1v) is 7.44. The zero-order valence-electron chi connectivity index (χ0n) is 11.9. The minimum atomic E-state index is -0.306. The summed E-state index contributed by atoms with van der Waals surface area (Å²) < 4.78 is 20.1. The summed E-state index contributed by atoms with van der Waals surface area (Å²) in [6.07, 6.45) is 5.98. The van der Waals surface area contributed by atoms with Crippen molar-refractivity contribution in [2.24, 2.45) is 0 Å². The molecule has 20 heavy (non-hydrogen) atoms. The molecule has 2 heterocycles. The van der Waals surface area contributed by atoms with Crippen LogP contribution in [0.15, 0.2) is 12.3 Å². The van der Waals surface area contributed by atoms with Gasteiger partial charge in [-0.05, 0) is 38.8 Å². The molecule has 0 unspecified atom stereocenters. The molecule has 1 saturated heterocycles. The molecule has 2 aliphatic rings. The van der Waals surface area contributed by atoms with E-state index in [1.807, 2.05) is 0 Å². The van der Waals surface area contributed by atoms with E-state index in [1.165, 1.54) is 12.8 Å². The van der Waals surface area contributed by atoms with Gasteiger partial charge in [0.1, 0.15) is 6.10 Å². The Morgan fingerprint density at radius 3 is 2.80 bits per heavy atom. The Bertz CT molecular complexity index is 456. The van der Waals surface area contributed by atoms with E-state index in [-0.39, 0.29) is 17.8 Å². The van der Waals surface area contributed by atoms with Crippen molar-refractivity contribution in [2.45, 2.75) is 44.4 Å². The Labute approximate surface area is 119 Å². The molecule has 110 valence electrons. The van der Waals surface area contributed by atoms with Crippen LogP contribution < -0.4 is 10.1 Å². The van der Waals surface area contributed by atoms with Crippen LogP contribution in [0, 0.1) is 5.82 Å². The highest BCUT2D eigenvalue weighted by Gasteiger charge is 2.23. The van der Waals surface area contributed by atoms with Gasteiger partial charge in [0.25, 0.3) is 5.88 Å². The van der Waals surface area contributed by atoms with Crippen molar-refractivity contribution >= 4 is 0 Å². The number of aromatic nitrogens is 1. The number of nitrogens with zero attached hydrogens (tertiary/aromatic N) is 2. The number of hydrogen-bond donors (Lipinski definition) is 1. The van der Waals surface area contributed by atoms with Gasteiger partial charge in [0.2, 0.25) is 0 Å². The van der Waals surface area contributed by atoms with Gasteiger partial charge in [0.05, 0.1) is 0 Å². The number of likely N-dealkylation sites (tertiary alicyclic amines) is 1. The SMILES string of the molecule is CN1CCC(Oc2nccc(CNC3CC3)c2F)CC1. The van der Waals surface area contributed by atoms with Crippen LogP contribution in [-0.4, -0.2) is 42.2 Å². The number of hydrogen-bond acceptors (Lipinski definition) is 4. The van der Waals surface area contributed by atoms with E-state index in [9.17, 15) is 4.39 Å². The first kappa shape index (κ1) is 13.8. The summed E-state index contributed by atoms with van der Waals surface area (Å²) in [6, 6.07) is 2.30. The molecule has 0 atom stereocenters. The van der Waals surface area contributed by atoms with Gasteiger partial charge < -0.3 is 15.0 Å². The Balaban J connectivity index is 1.61. The van der Waals surface area contributed by atoms with Gasteiger partial charge >= 0.3 is 0 Å². The number of pyridine rings is 1. The number of nitrogens with one attached hydrogen (secondary N) is 1. The van der Waals surface area contributed by atoms with E-state index in [1.54, 1.807) is 12.3 Å². The van der Waals surface area contributed by atoms with Crippen molar-refractivity contribution in [3.63, 3.8) is 0 Å². The molecule has 1 aliphatic heterocycles. The third-order valence-electron chi connectivity index (χ3n) is 4.04. The van der Waals surface area contributed by atoms with E-state index >= 15 is 0 Å². The minimum absolute atomic E-state index is 0.0832. The van der Waals surface area contributed by atoms with Crippen molar-refractivity contribution in [3.05, 3.63) is 23.6 Å². The van der Waals surface area contributed by atoms with Crippen LogP contribution in [0.25, 0.3) is 0 Å². The molecule has 5 heteroatoms. The average molecular weight is 279 g/mol. The maximum atomic E-state index is 14.3. The lowest BCUT2D eigenvalue weighted by Gasteiger charge is -2.29. The van der Waals surface area contributed by atoms with E-state index in [2.05, 4.69) is 22.2 Å². The summed E-state index contributed by atoms with van der Waals surface area (Å²) in [7, 11) is 2.10. The van der Waals surface area contributed by atoms with E-state index < -0.39 is 0 Å². The quantitative estimate of drug-likeness (QED) is 0.894. The van der Waals surface area contributed by atoms with Gasteiger partial charge in [0, 0.05) is 37.4 Å². The average Bonchev–Trinajstić information content (AvgIpc) is 3.26. The third kappa shape index (κ3) is 3.46. The summed E-state index contributed by atoms with van der Waals surface area (Å²) in [5.74, 6) is -0.144. The Morgan fingerprint density at radius 2 is 2.10 bits per heavy atom. The molecule has 1 N–H and O–H groups in total. The molecule has 1 aliphatic carbocycles. The molecule has 0 bridgehead atoms. The van der Waals surface area contributed by atoms with Crippen molar-refractivity contribution < 1.29 is 9.13 Å². The van der Waals surface area contributed by atoms with Crippen molar-refractivity contribution in [1.29, 1.82) is 0 Å². The minimum Gasteiger partial charge on any atom is -0.472 e. The lowest BCUT2D eigenvalue weighted by Crippen LogP contribution is -2.36. The van der Waals surface area contributed by atoms with Gasteiger partial charge in [0.15, 0.2) is 5.82 Å². The monoisotopic (exact) mass is 279 g/mol. The number of halogens is 1. The first-order chi connectivity index (χ1) is 9.72. The van der Waals surface area contributed by atoms with Crippen LogP contribution in [0.1, 0.15) is 31.2 Å². The maximum Gasteiger partial charge on any atom is 0.250 e. The highest BCUT2D eigenvalue weighted by atomic mass is 19.1. The van der Waals surface area contributed by atoms with Crippen molar-refractivity contribution in [2.75, 3.05) is 20.1 Å². The Hall–Kier alpha value is -1.20. The van der Waals surface area contributed by atoms with Crippen LogP contribution >= 0.6 is 0 Å². The second-order valence-electron chi connectivity index (χ2n) is 5.86. The Morgan fingerprint density at radius 1 is 1.35 bits per heavy atom. The Kier molecular flexibility index (Phi) is 4.17. The molecule has 1 aromatic rings. The molecule has 0 spiro atoms.